The number of aromatic nitrogens is 2. The van der Waals surface area contributed by atoms with Gasteiger partial charge in [0.1, 0.15) is 5.67 Å². The van der Waals surface area contributed by atoms with Crippen LogP contribution < -0.4 is 0 Å². The molecule has 4 atom stereocenters. The van der Waals surface area contributed by atoms with Crippen molar-refractivity contribution in [2.24, 2.45) is 11.8 Å². The number of halogens is 1. The Hall–Kier alpha value is -2.63. The molecule has 1 saturated heterocycles. The Morgan fingerprint density at radius 2 is 1.80 bits per heavy atom. The Kier molecular flexibility index (Phi) is 4.75. The molecule has 2 aromatic heterocycles. The Balaban J connectivity index is 1.29. The summed E-state index contributed by atoms with van der Waals surface area (Å²) in [4.78, 5) is 12.3. The van der Waals surface area contributed by atoms with Gasteiger partial charge in [-0.25, -0.2) is 4.39 Å². The van der Waals surface area contributed by atoms with Gasteiger partial charge in [0, 0.05) is 65.4 Å². The Bertz CT molecular complexity index is 1400. The second-order valence-corrected chi connectivity index (χ2v) is 12.0. The average Bonchev–Trinajstić information content (AvgIpc) is 3.12. The van der Waals surface area contributed by atoms with Crippen molar-refractivity contribution < 1.29 is 4.39 Å². The Labute approximate surface area is 206 Å². The third-order valence-electron chi connectivity index (χ3n) is 8.54. The van der Waals surface area contributed by atoms with E-state index >= 15 is 4.39 Å². The zero-order valence-electron chi connectivity index (χ0n) is 20.9. The van der Waals surface area contributed by atoms with Gasteiger partial charge in [0.05, 0.1) is 6.04 Å². The third-order valence-corrected chi connectivity index (χ3v) is 8.54. The smallest absolute Gasteiger partial charge is 0.118 e. The van der Waals surface area contributed by atoms with E-state index in [1.54, 1.807) is 13.8 Å². The van der Waals surface area contributed by atoms with E-state index in [-0.39, 0.29) is 12.1 Å². The van der Waals surface area contributed by atoms with Crippen molar-refractivity contribution in [1.29, 1.82) is 0 Å². The molecule has 4 nitrogen and oxygen atoms in total. The van der Waals surface area contributed by atoms with Gasteiger partial charge in [-0.3, -0.25) is 9.80 Å². The summed E-state index contributed by atoms with van der Waals surface area (Å²) in [5.41, 5.74) is 6.22. The summed E-state index contributed by atoms with van der Waals surface area (Å²) < 4.78 is 15.0. The summed E-state index contributed by atoms with van der Waals surface area (Å²) >= 11 is 0. The summed E-state index contributed by atoms with van der Waals surface area (Å²) in [6.45, 7) is 9.55. The van der Waals surface area contributed by atoms with E-state index in [0.717, 1.165) is 24.8 Å². The molecule has 1 aliphatic carbocycles. The molecule has 0 radical (unpaired) electrons. The number of fused-ring (bicyclic) bond motifs is 5. The highest BCUT2D eigenvalue weighted by molar-refractivity contribution is 5.86. The zero-order chi connectivity index (χ0) is 23.9. The number of rotatable bonds is 5. The first-order chi connectivity index (χ1) is 16.8. The van der Waals surface area contributed by atoms with Crippen LogP contribution in [-0.2, 0) is 13.0 Å². The topological polar surface area (TPSA) is 38.1 Å². The van der Waals surface area contributed by atoms with E-state index in [2.05, 4.69) is 75.2 Å². The van der Waals surface area contributed by atoms with Crippen LogP contribution in [-0.4, -0.2) is 51.1 Å². The number of benzene rings is 2. The maximum Gasteiger partial charge on any atom is 0.118 e. The van der Waals surface area contributed by atoms with Crippen LogP contribution in [0.5, 0.6) is 0 Å². The van der Waals surface area contributed by atoms with Crippen molar-refractivity contribution in [2.45, 2.75) is 57.9 Å². The lowest BCUT2D eigenvalue weighted by atomic mass is 9.87. The highest BCUT2D eigenvalue weighted by Gasteiger charge is 2.44. The van der Waals surface area contributed by atoms with Gasteiger partial charge >= 0.3 is 0 Å². The molecule has 5 heteroatoms. The molecule has 3 aliphatic rings. The quantitative estimate of drug-likeness (QED) is 0.365. The fourth-order valence-corrected chi connectivity index (χ4v) is 6.88. The van der Waals surface area contributed by atoms with Crippen LogP contribution in [0.25, 0.3) is 21.8 Å². The molecule has 4 aromatic rings. The number of H-pyrrole nitrogens is 2. The number of para-hydroxylation sites is 1. The molecule has 1 saturated carbocycles. The third kappa shape index (κ3) is 3.80. The molecule has 2 N–H and O–H groups in total. The van der Waals surface area contributed by atoms with Crippen molar-refractivity contribution in [3.8, 4) is 0 Å². The maximum atomic E-state index is 15.0. The first kappa shape index (κ1) is 21.6. The fourth-order valence-electron chi connectivity index (χ4n) is 6.88. The Morgan fingerprint density at radius 1 is 1.00 bits per heavy atom. The van der Waals surface area contributed by atoms with Crippen molar-refractivity contribution in [3.05, 3.63) is 71.0 Å². The van der Waals surface area contributed by atoms with Crippen LogP contribution >= 0.6 is 0 Å². The molecular formula is C30H35FN4. The van der Waals surface area contributed by atoms with Crippen molar-refractivity contribution in [2.75, 3.05) is 19.6 Å². The second-order valence-electron chi connectivity index (χ2n) is 12.0. The predicted octanol–water partition coefficient (Wildman–Crippen LogP) is 6.19. The lowest BCUT2D eigenvalue weighted by Gasteiger charge is -2.43. The number of alkyl halides is 1. The van der Waals surface area contributed by atoms with Crippen molar-refractivity contribution >= 4 is 21.8 Å². The SMILES string of the molecule is C[C@@H]1Cc2c([nH]c3ccccc23)[C@@H](c2ccc3[nH]c(CN4CC5CC5C4)cc3c2)N1CC(C)(C)F. The van der Waals surface area contributed by atoms with Gasteiger partial charge in [-0.2, -0.15) is 0 Å². The zero-order valence-corrected chi connectivity index (χ0v) is 20.9. The van der Waals surface area contributed by atoms with E-state index in [1.165, 1.54) is 63.8 Å². The van der Waals surface area contributed by atoms with Gasteiger partial charge in [0.15, 0.2) is 0 Å². The fraction of sp³-hybridized carbons (Fsp3) is 0.467. The number of aromatic amines is 2. The van der Waals surface area contributed by atoms with E-state index < -0.39 is 5.67 Å². The van der Waals surface area contributed by atoms with E-state index in [4.69, 9.17) is 0 Å². The molecule has 182 valence electrons. The number of piperidine rings is 1. The van der Waals surface area contributed by atoms with Crippen LogP contribution in [0.2, 0.25) is 0 Å². The van der Waals surface area contributed by atoms with Crippen LogP contribution in [0.3, 0.4) is 0 Å². The first-order valence-corrected chi connectivity index (χ1v) is 13.2. The normalized spacial score (nSPS) is 27.0. The molecule has 4 heterocycles. The van der Waals surface area contributed by atoms with E-state index in [1.807, 2.05) is 0 Å². The van der Waals surface area contributed by atoms with Crippen LogP contribution in [0, 0.1) is 11.8 Å². The van der Waals surface area contributed by atoms with Gasteiger partial charge in [-0.1, -0.05) is 24.3 Å². The summed E-state index contributed by atoms with van der Waals surface area (Å²) in [6, 6.07) is 17.9. The number of nitrogens with zero attached hydrogens (tertiary/aromatic N) is 2. The van der Waals surface area contributed by atoms with E-state index in [9.17, 15) is 0 Å². The number of likely N-dealkylation sites (tertiary alicyclic amines) is 1. The summed E-state index contributed by atoms with van der Waals surface area (Å²) in [5, 5.41) is 2.55. The maximum absolute atomic E-state index is 15.0. The minimum absolute atomic E-state index is 0.00428. The molecule has 0 spiro atoms. The van der Waals surface area contributed by atoms with Crippen molar-refractivity contribution in [3.63, 3.8) is 0 Å². The molecule has 0 amide bonds. The van der Waals surface area contributed by atoms with Gasteiger partial charge in [0.2, 0.25) is 0 Å². The van der Waals surface area contributed by atoms with Gasteiger partial charge in [0.25, 0.3) is 0 Å². The monoisotopic (exact) mass is 470 g/mol. The Morgan fingerprint density at radius 3 is 2.60 bits per heavy atom. The standard InChI is InChI=1S/C30H35FN4/c1-18-10-25-24-6-4-5-7-27(24)33-28(25)29(35(18)17-30(2,3)31)19-8-9-26-20(11-19)13-23(32-26)16-34-14-21-12-22(21)15-34/h4-9,11,13,18,21-22,29,32-33H,10,12,14-17H2,1-3H3/t18-,21?,22?,29-/m1/s1. The summed E-state index contributed by atoms with van der Waals surface area (Å²) in [6.07, 6.45) is 2.37. The number of hydrogen-bond acceptors (Lipinski definition) is 2. The lowest BCUT2D eigenvalue weighted by Crippen LogP contribution is -2.47. The average molecular weight is 471 g/mol. The molecule has 0 bridgehead atoms. The summed E-state index contributed by atoms with van der Waals surface area (Å²) in [5.74, 6) is 1.91. The van der Waals surface area contributed by atoms with Gasteiger partial charge in [-0.15, -0.1) is 0 Å². The second kappa shape index (κ2) is 7.68. The largest absolute Gasteiger partial charge is 0.357 e. The predicted molar refractivity (Wildman–Crippen MR) is 140 cm³/mol. The van der Waals surface area contributed by atoms with Crippen LogP contribution in [0.1, 0.15) is 55.7 Å². The minimum atomic E-state index is -1.27. The highest BCUT2D eigenvalue weighted by Crippen LogP contribution is 2.45. The van der Waals surface area contributed by atoms with Crippen molar-refractivity contribution in [1.82, 2.24) is 19.8 Å². The van der Waals surface area contributed by atoms with Crippen LogP contribution in [0.15, 0.2) is 48.5 Å². The van der Waals surface area contributed by atoms with Gasteiger partial charge < -0.3 is 9.97 Å². The van der Waals surface area contributed by atoms with Crippen LogP contribution in [0.4, 0.5) is 4.39 Å². The minimum Gasteiger partial charge on any atom is -0.357 e. The summed E-state index contributed by atoms with van der Waals surface area (Å²) in [7, 11) is 0. The molecule has 2 aromatic carbocycles. The first-order valence-electron chi connectivity index (χ1n) is 13.2. The molecule has 2 aliphatic heterocycles. The highest BCUT2D eigenvalue weighted by atomic mass is 19.1. The number of hydrogen-bond donors (Lipinski definition) is 2. The molecular weight excluding hydrogens is 435 g/mol. The molecule has 2 fully saturated rings. The molecule has 35 heavy (non-hydrogen) atoms. The molecule has 2 unspecified atom stereocenters. The lowest BCUT2D eigenvalue weighted by molar-refractivity contribution is 0.0668. The number of nitrogens with one attached hydrogen (secondary N) is 2. The molecule has 7 rings (SSSR count). The van der Waals surface area contributed by atoms with E-state index in [0.29, 0.717) is 6.54 Å². The van der Waals surface area contributed by atoms with Gasteiger partial charge in [-0.05, 0) is 80.8 Å².